The van der Waals surface area contributed by atoms with Crippen molar-refractivity contribution in [3.05, 3.63) is 35.6 Å². The van der Waals surface area contributed by atoms with E-state index in [0.717, 1.165) is 32.5 Å². The summed E-state index contributed by atoms with van der Waals surface area (Å²) in [5, 5.41) is 0. The minimum atomic E-state index is -0.480. The molecule has 0 unspecified atom stereocenters. The van der Waals surface area contributed by atoms with Crippen LogP contribution in [0.3, 0.4) is 0 Å². The molecule has 6 heteroatoms. The molecule has 29 heavy (non-hydrogen) atoms. The molecule has 2 fully saturated rings. The van der Waals surface area contributed by atoms with Gasteiger partial charge in [-0.1, -0.05) is 12.1 Å². The van der Waals surface area contributed by atoms with Gasteiger partial charge in [0.05, 0.1) is 0 Å². The quantitative estimate of drug-likeness (QED) is 0.830. The van der Waals surface area contributed by atoms with E-state index < -0.39 is 5.60 Å². The highest BCUT2D eigenvalue weighted by Gasteiger charge is 2.33. The molecule has 0 radical (unpaired) electrons. The van der Waals surface area contributed by atoms with Gasteiger partial charge in [-0.05, 0) is 76.6 Å². The van der Waals surface area contributed by atoms with E-state index in [0.29, 0.717) is 19.0 Å². The molecular weight excluding hydrogens is 369 g/mol. The van der Waals surface area contributed by atoms with Crippen LogP contribution in [0.1, 0.15) is 45.6 Å². The van der Waals surface area contributed by atoms with Gasteiger partial charge in [-0.25, -0.2) is 9.18 Å². The molecule has 162 valence electrons. The van der Waals surface area contributed by atoms with E-state index in [-0.39, 0.29) is 23.9 Å². The molecule has 2 aliphatic rings. The fourth-order valence-electron chi connectivity index (χ4n) is 4.50. The minimum absolute atomic E-state index is 0.117. The number of rotatable bonds is 4. The highest BCUT2D eigenvalue weighted by atomic mass is 19.1. The summed E-state index contributed by atoms with van der Waals surface area (Å²) in [6, 6.07) is 6.99. The first-order chi connectivity index (χ1) is 13.7. The van der Waals surface area contributed by atoms with Crippen molar-refractivity contribution in [2.24, 2.45) is 17.6 Å². The normalized spacial score (nSPS) is 26.4. The van der Waals surface area contributed by atoms with Crippen molar-refractivity contribution in [2.75, 3.05) is 32.7 Å². The van der Waals surface area contributed by atoms with Crippen LogP contribution in [0.25, 0.3) is 0 Å². The molecule has 2 aliphatic heterocycles. The molecule has 0 spiro atoms. The molecule has 5 nitrogen and oxygen atoms in total. The maximum atomic E-state index is 13.1. The second kappa shape index (κ2) is 9.43. The van der Waals surface area contributed by atoms with E-state index >= 15 is 0 Å². The Hall–Kier alpha value is -1.66. The maximum absolute atomic E-state index is 13.1. The first kappa shape index (κ1) is 22.0. The summed E-state index contributed by atoms with van der Waals surface area (Å²) in [4.78, 5) is 16.8. The van der Waals surface area contributed by atoms with Crippen LogP contribution in [0.2, 0.25) is 0 Å². The first-order valence-corrected chi connectivity index (χ1v) is 10.9. The lowest BCUT2D eigenvalue weighted by Crippen LogP contribution is -2.54. The molecule has 2 saturated heterocycles. The highest BCUT2D eigenvalue weighted by Crippen LogP contribution is 2.25. The third-order valence-electron chi connectivity index (χ3n) is 5.98. The number of hydrogen-bond acceptors (Lipinski definition) is 4. The third kappa shape index (κ3) is 6.68. The summed E-state index contributed by atoms with van der Waals surface area (Å²) in [7, 11) is 0. The monoisotopic (exact) mass is 405 g/mol. The van der Waals surface area contributed by atoms with Gasteiger partial charge in [-0.2, -0.15) is 0 Å². The third-order valence-corrected chi connectivity index (χ3v) is 5.98. The van der Waals surface area contributed by atoms with Gasteiger partial charge in [-0.15, -0.1) is 0 Å². The van der Waals surface area contributed by atoms with Crippen molar-refractivity contribution in [1.29, 1.82) is 0 Å². The zero-order valence-corrected chi connectivity index (χ0v) is 18.1. The molecule has 2 N–H and O–H groups in total. The van der Waals surface area contributed by atoms with Crippen LogP contribution in [-0.2, 0) is 11.2 Å². The number of piperidine rings is 2. The summed E-state index contributed by atoms with van der Waals surface area (Å²) in [6.45, 7) is 10.0. The summed E-state index contributed by atoms with van der Waals surface area (Å²) >= 11 is 0. The van der Waals surface area contributed by atoms with E-state index in [4.69, 9.17) is 10.5 Å². The van der Waals surface area contributed by atoms with Gasteiger partial charge in [0.15, 0.2) is 0 Å². The number of ether oxygens (including phenoxy) is 1. The number of nitrogens with zero attached hydrogens (tertiary/aromatic N) is 2. The number of nitrogens with two attached hydrogens (primary N) is 1. The topological polar surface area (TPSA) is 58.8 Å². The molecule has 1 amide bonds. The van der Waals surface area contributed by atoms with Crippen LogP contribution >= 0.6 is 0 Å². The first-order valence-electron chi connectivity index (χ1n) is 10.9. The van der Waals surface area contributed by atoms with Crippen molar-refractivity contribution in [2.45, 2.75) is 58.1 Å². The Morgan fingerprint density at radius 3 is 2.59 bits per heavy atom. The number of carbonyl (C=O) groups excluding carboxylic acids is 1. The van der Waals surface area contributed by atoms with E-state index in [1.165, 1.54) is 18.4 Å². The average molecular weight is 406 g/mol. The molecule has 0 aliphatic carbocycles. The van der Waals surface area contributed by atoms with Crippen molar-refractivity contribution in [3.8, 4) is 0 Å². The van der Waals surface area contributed by atoms with Crippen molar-refractivity contribution in [1.82, 2.24) is 9.80 Å². The lowest BCUT2D eigenvalue weighted by Gasteiger charge is -2.41. The molecule has 3 rings (SSSR count). The Labute approximate surface area is 174 Å². The largest absolute Gasteiger partial charge is 0.444 e. The lowest BCUT2D eigenvalue weighted by atomic mass is 9.88. The second-order valence-electron chi connectivity index (χ2n) is 9.74. The molecule has 0 bridgehead atoms. The predicted octanol–water partition coefficient (Wildman–Crippen LogP) is 3.66. The number of halogens is 1. The zero-order valence-electron chi connectivity index (χ0n) is 18.1. The van der Waals surface area contributed by atoms with E-state index in [1.807, 2.05) is 37.8 Å². The molecule has 1 aromatic carbocycles. The van der Waals surface area contributed by atoms with Crippen molar-refractivity contribution < 1.29 is 13.9 Å². The SMILES string of the molecule is CC(C)(C)OC(=O)N1CC[C@@H](N)[C@H](CN2CCC[C@@H](Cc3ccc(F)cc3)C2)C1. The zero-order chi connectivity index (χ0) is 21.0. The molecule has 0 saturated carbocycles. The van der Waals surface area contributed by atoms with Crippen LogP contribution in [0.4, 0.5) is 9.18 Å². The van der Waals surface area contributed by atoms with Crippen molar-refractivity contribution in [3.63, 3.8) is 0 Å². The summed E-state index contributed by atoms with van der Waals surface area (Å²) in [5.74, 6) is 0.664. The molecule has 3 atom stereocenters. The van der Waals surface area contributed by atoms with Gasteiger partial charge in [0.2, 0.25) is 0 Å². The van der Waals surface area contributed by atoms with Crippen molar-refractivity contribution >= 4 is 6.09 Å². The molecule has 0 aromatic heterocycles. The average Bonchev–Trinajstić information content (AvgIpc) is 2.64. The Bertz CT molecular complexity index is 674. The van der Waals surface area contributed by atoms with E-state index in [9.17, 15) is 9.18 Å². The standard InChI is InChI=1S/C23H36FN3O2/c1-23(2,3)29-22(28)27-12-10-21(25)19(16-27)15-26-11-4-5-18(14-26)13-17-6-8-20(24)9-7-17/h6-9,18-19,21H,4-5,10-16,25H2,1-3H3/t18-,19+,21+/m0/s1. The van der Waals surface area contributed by atoms with Crippen LogP contribution in [0.15, 0.2) is 24.3 Å². The van der Waals surface area contributed by atoms with Crippen LogP contribution in [0, 0.1) is 17.7 Å². The summed E-state index contributed by atoms with van der Waals surface area (Å²) < 4.78 is 18.7. The Balaban J connectivity index is 1.53. The second-order valence-corrected chi connectivity index (χ2v) is 9.74. The summed E-state index contributed by atoms with van der Waals surface area (Å²) in [6.07, 6.45) is 3.94. The number of likely N-dealkylation sites (tertiary alicyclic amines) is 2. The Kier molecular flexibility index (Phi) is 7.17. The van der Waals surface area contributed by atoms with Gasteiger partial charge in [-0.3, -0.25) is 0 Å². The Morgan fingerprint density at radius 1 is 1.17 bits per heavy atom. The number of amides is 1. The van der Waals surface area contributed by atoms with Gasteiger partial charge in [0.25, 0.3) is 0 Å². The van der Waals surface area contributed by atoms with Crippen LogP contribution < -0.4 is 5.73 Å². The molecule has 1 aromatic rings. The smallest absolute Gasteiger partial charge is 0.410 e. The van der Waals surface area contributed by atoms with Gasteiger partial charge in [0, 0.05) is 38.1 Å². The minimum Gasteiger partial charge on any atom is -0.444 e. The lowest BCUT2D eigenvalue weighted by molar-refractivity contribution is 0.0109. The number of carbonyl (C=O) groups is 1. The van der Waals surface area contributed by atoms with E-state index in [1.54, 1.807) is 12.1 Å². The van der Waals surface area contributed by atoms with Crippen LogP contribution in [-0.4, -0.2) is 60.3 Å². The molecule has 2 heterocycles. The predicted molar refractivity (Wildman–Crippen MR) is 113 cm³/mol. The molecular formula is C23H36FN3O2. The van der Waals surface area contributed by atoms with E-state index in [2.05, 4.69) is 4.90 Å². The fraction of sp³-hybridized carbons (Fsp3) is 0.696. The summed E-state index contributed by atoms with van der Waals surface area (Å²) in [5.41, 5.74) is 7.14. The van der Waals surface area contributed by atoms with Gasteiger partial charge < -0.3 is 20.3 Å². The maximum Gasteiger partial charge on any atom is 0.410 e. The highest BCUT2D eigenvalue weighted by molar-refractivity contribution is 5.68. The number of benzene rings is 1. The van der Waals surface area contributed by atoms with Gasteiger partial charge in [0.1, 0.15) is 11.4 Å². The fourth-order valence-corrected chi connectivity index (χ4v) is 4.50. The van der Waals surface area contributed by atoms with Crippen LogP contribution in [0.5, 0.6) is 0 Å². The number of hydrogen-bond donors (Lipinski definition) is 1. The Morgan fingerprint density at radius 2 is 1.90 bits per heavy atom. The van der Waals surface area contributed by atoms with Gasteiger partial charge >= 0.3 is 6.09 Å².